The molecule has 0 unspecified atom stereocenters. The molecule has 0 bridgehead atoms. The van der Waals surface area contributed by atoms with Crippen molar-refractivity contribution in [1.29, 1.82) is 5.26 Å². The molecule has 1 heterocycles. The second-order valence-corrected chi connectivity index (χ2v) is 3.77. The summed E-state index contributed by atoms with van der Waals surface area (Å²) >= 11 is 3.15. The lowest BCUT2D eigenvalue weighted by molar-refractivity contribution is 0.0524. The third-order valence-electron chi connectivity index (χ3n) is 1.92. The number of pyridine rings is 1. The van der Waals surface area contributed by atoms with Crippen molar-refractivity contribution < 1.29 is 9.53 Å². The van der Waals surface area contributed by atoms with Gasteiger partial charge in [-0.15, -0.1) is 0 Å². The van der Waals surface area contributed by atoms with Crippen LogP contribution in [0, 0.1) is 18.3 Å². The van der Waals surface area contributed by atoms with Crippen LogP contribution in [0.1, 0.15) is 28.5 Å². The predicted octanol–water partition coefficient (Wildman–Crippen LogP) is 1.49. The highest BCUT2D eigenvalue weighted by Gasteiger charge is 2.21. The summed E-state index contributed by atoms with van der Waals surface area (Å²) in [4.78, 5) is 25.5. The smallest absolute Gasteiger partial charge is 0.340 e. The number of H-pyrrole nitrogens is 1. The van der Waals surface area contributed by atoms with Gasteiger partial charge in [-0.3, -0.25) is 4.79 Å². The van der Waals surface area contributed by atoms with Crippen molar-refractivity contribution in [3.05, 3.63) is 31.6 Å². The molecular formula is C10H9BrN2O3. The van der Waals surface area contributed by atoms with Gasteiger partial charge in [-0.1, -0.05) is 0 Å². The van der Waals surface area contributed by atoms with E-state index in [1.54, 1.807) is 19.9 Å². The molecule has 6 heteroatoms. The Morgan fingerprint density at radius 3 is 2.75 bits per heavy atom. The van der Waals surface area contributed by atoms with Gasteiger partial charge in [0.05, 0.1) is 16.6 Å². The van der Waals surface area contributed by atoms with Crippen LogP contribution < -0.4 is 5.56 Å². The fourth-order valence-corrected chi connectivity index (χ4v) is 1.66. The molecule has 84 valence electrons. The maximum absolute atomic E-state index is 11.6. The average Bonchev–Trinajstić information content (AvgIpc) is 2.23. The lowest BCUT2D eigenvalue weighted by Crippen LogP contribution is -2.20. The van der Waals surface area contributed by atoms with Crippen LogP contribution in [0.25, 0.3) is 0 Å². The largest absolute Gasteiger partial charge is 0.462 e. The Morgan fingerprint density at radius 1 is 1.62 bits per heavy atom. The van der Waals surface area contributed by atoms with Gasteiger partial charge in [-0.25, -0.2) is 4.79 Å². The van der Waals surface area contributed by atoms with Gasteiger partial charge in [0.1, 0.15) is 11.6 Å². The number of rotatable bonds is 2. The first-order chi connectivity index (χ1) is 7.52. The molecule has 0 amide bonds. The number of nitrogens with one attached hydrogen (secondary N) is 1. The number of aryl methyl sites for hydroxylation is 1. The number of hydrogen-bond donors (Lipinski definition) is 1. The minimum absolute atomic E-state index is 0.0226. The topological polar surface area (TPSA) is 83.0 Å². The van der Waals surface area contributed by atoms with Crippen molar-refractivity contribution in [3.63, 3.8) is 0 Å². The van der Waals surface area contributed by atoms with Gasteiger partial charge in [0.2, 0.25) is 0 Å². The molecular weight excluding hydrogens is 276 g/mol. The predicted molar refractivity (Wildman–Crippen MR) is 60.2 cm³/mol. The zero-order chi connectivity index (χ0) is 12.3. The highest BCUT2D eigenvalue weighted by atomic mass is 79.9. The van der Waals surface area contributed by atoms with Crippen molar-refractivity contribution in [2.24, 2.45) is 0 Å². The van der Waals surface area contributed by atoms with Gasteiger partial charge >= 0.3 is 5.97 Å². The van der Waals surface area contributed by atoms with Gasteiger partial charge in [0.15, 0.2) is 0 Å². The van der Waals surface area contributed by atoms with Crippen molar-refractivity contribution in [1.82, 2.24) is 4.98 Å². The van der Waals surface area contributed by atoms with Gasteiger partial charge in [-0.2, -0.15) is 5.26 Å². The van der Waals surface area contributed by atoms with E-state index in [0.29, 0.717) is 10.2 Å². The number of ether oxygens (including phenoxy) is 1. The molecule has 1 N–H and O–H groups in total. The van der Waals surface area contributed by atoms with E-state index < -0.39 is 11.5 Å². The fraction of sp³-hybridized carbons (Fsp3) is 0.300. The van der Waals surface area contributed by atoms with Crippen LogP contribution in [0.3, 0.4) is 0 Å². The van der Waals surface area contributed by atoms with Gasteiger partial charge < -0.3 is 9.72 Å². The Labute approximate surface area is 100 Å². The second kappa shape index (κ2) is 4.94. The highest BCUT2D eigenvalue weighted by Crippen LogP contribution is 2.21. The summed E-state index contributed by atoms with van der Waals surface area (Å²) in [6.07, 6.45) is 0. The third kappa shape index (κ3) is 2.14. The first-order valence-electron chi connectivity index (χ1n) is 4.52. The number of nitriles is 1. The van der Waals surface area contributed by atoms with Gasteiger partial charge in [0.25, 0.3) is 5.56 Å². The van der Waals surface area contributed by atoms with Crippen LogP contribution in [-0.2, 0) is 4.74 Å². The first kappa shape index (κ1) is 12.5. The monoisotopic (exact) mass is 284 g/mol. The summed E-state index contributed by atoms with van der Waals surface area (Å²) < 4.78 is 5.17. The Balaban J connectivity index is 3.53. The Hall–Kier alpha value is -1.61. The van der Waals surface area contributed by atoms with E-state index in [4.69, 9.17) is 10.00 Å². The van der Waals surface area contributed by atoms with Crippen molar-refractivity contribution >= 4 is 21.9 Å². The molecule has 0 saturated heterocycles. The van der Waals surface area contributed by atoms with E-state index in [1.807, 2.05) is 0 Å². The molecule has 1 rings (SSSR count). The summed E-state index contributed by atoms with van der Waals surface area (Å²) in [6.45, 7) is 3.45. The third-order valence-corrected chi connectivity index (χ3v) is 2.91. The molecule has 0 aliphatic rings. The summed E-state index contributed by atoms with van der Waals surface area (Å²) in [5.41, 5.74) is -0.375. The maximum Gasteiger partial charge on any atom is 0.340 e. The number of halogens is 1. The molecule has 0 spiro atoms. The minimum Gasteiger partial charge on any atom is -0.462 e. The molecule has 5 nitrogen and oxygen atoms in total. The molecule has 0 aliphatic carbocycles. The quantitative estimate of drug-likeness (QED) is 0.834. The summed E-state index contributed by atoms with van der Waals surface area (Å²) in [7, 11) is 0. The van der Waals surface area contributed by atoms with E-state index >= 15 is 0 Å². The van der Waals surface area contributed by atoms with Gasteiger partial charge in [-0.05, 0) is 29.8 Å². The number of aromatic amines is 1. The molecule has 0 fully saturated rings. The number of aromatic nitrogens is 1. The molecule has 1 aromatic rings. The Bertz CT molecular complexity index is 528. The zero-order valence-corrected chi connectivity index (χ0v) is 10.3. The SMILES string of the molecule is CCOC(=O)c1c(Br)c(C)[nH]c(=O)c1C#N. The molecule has 0 radical (unpaired) electrons. The molecule has 0 aromatic carbocycles. The first-order valence-corrected chi connectivity index (χ1v) is 5.31. The molecule has 0 saturated carbocycles. The standard InChI is InChI=1S/C10H9BrN2O3/c1-3-16-10(15)7-6(4-12)9(14)13-5(2)8(7)11/h3H2,1-2H3,(H,13,14). The second-order valence-electron chi connectivity index (χ2n) is 2.98. The van der Waals surface area contributed by atoms with Crippen LogP contribution in [0.5, 0.6) is 0 Å². The normalized spacial score (nSPS) is 9.62. The Kier molecular flexibility index (Phi) is 3.85. The van der Waals surface area contributed by atoms with Gasteiger partial charge in [0, 0.05) is 5.69 Å². The number of nitrogens with zero attached hydrogens (tertiary/aromatic N) is 1. The van der Waals surface area contributed by atoms with E-state index in [9.17, 15) is 9.59 Å². The fourth-order valence-electron chi connectivity index (χ4n) is 1.20. The zero-order valence-electron chi connectivity index (χ0n) is 8.76. The van der Waals surface area contributed by atoms with E-state index in [1.165, 1.54) is 0 Å². The molecule has 16 heavy (non-hydrogen) atoms. The summed E-state index contributed by atoms with van der Waals surface area (Å²) in [5.74, 6) is -0.680. The summed E-state index contributed by atoms with van der Waals surface area (Å²) in [6, 6.07) is 1.70. The van der Waals surface area contributed by atoms with Crippen LogP contribution in [0.15, 0.2) is 9.27 Å². The van der Waals surface area contributed by atoms with Crippen LogP contribution in [-0.4, -0.2) is 17.6 Å². The van der Waals surface area contributed by atoms with Crippen LogP contribution >= 0.6 is 15.9 Å². The van der Waals surface area contributed by atoms with E-state index in [-0.39, 0.29) is 17.7 Å². The van der Waals surface area contributed by atoms with Crippen LogP contribution in [0.4, 0.5) is 0 Å². The average molecular weight is 285 g/mol. The molecule has 1 aromatic heterocycles. The number of carbonyl (C=O) groups is 1. The summed E-state index contributed by atoms with van der Waals surface area (Å²) in [5, 5.41) is 8.83. The van der Waals surface area contributed by atoms with Crippen molar-refractivity contribution in [3.8, 4) is 6.07 Å². The maximum atomic E-state index is 11.6. The van der Waals surface area contributed by atoms with Crippen molar-refractivity contribution in [2.75, 3.05) is 6.61 Å². The molecule has 0 aliphatic heterocycles. The number of hydrogen-bond acceptors (Lipinski definition) is 4. The number of esters is 1. The molecule has 0 atom stereocenters. The lowest BCUT2D eigenvalue weighted by atomic mass is 10.1. The van der Waals surface area contributed by atoms with Crippen LogP contribution in [0.2, 0.25) is 0 Å². The Morgan fingerprint density at radius 2 is 2.25 bits per heavy atom. The lowest BCUT2D eigenvalue weighted by Gasteiger charge is -2.07. The number of carbonyl (C=O) groups excluding carboxylic acids is 1. The van der Waals surface area contributed by atoms with E-state index in [2.05, 4.69) is 20.9 Å². The minimum atomic E-state index is -0.680. The highest BCUT2D eigenvalue weighted by molar-refractivity contribution is 9.10. The van der Waals surface area contributed by atoms with E-state index in [0.717, 1.165) is 0 Å². The van der Waals surface area contributed by atoms with Crippen molar-refractivity contribution in [2.45, 2.75) is 13.8 Å².